The molecule has 2 nitrogen and oxygen atoms in total. The molecule has 0 aliphatic carbocycles. The highest BCUT2D eigenvalue weighted by Gasteiger charge is 2.06. The fraction of sp³-hybridized carbons (Fsp3) is 0.500. The molecule has 0 bridgehead atoms. The van der Waals surface area contributed by atoms with Crippen LogP contribution >= 0.6 is 0 Å². The molecule has 1 N–H and O–H groups in total. The van der Waals surface area contributed by atoms with Crippen molar-refractivity contribution in [2.75, 3.05) is 13.7 Å². The minimum atomic E-state index is -2.40. The summed E-state index contributed by atoms with van der Waals surface area (Å²) in [5, 5.41) is 3.15. The van der Waals surface area contributed by atoms with Gasteiger partial charge in [0.2, 0.25) is 0 Å². The van der Waals surface area contributed by atoms with Crippen molar-refractivity contribution in [3.63, 3.8) is 0 Å². The van der Waals surface area contributed by atoms with Gasteiger partial charge in [-0.05, 0) is 18.6 Å². The summed E-state index contributed by atoms with van der Waals surface area (Å²) < 4.78 is 29.9. The smallest absolute Gasteiger partial charge is 0.263 e. The Hall–Kier alpha value is -1.00. The highest BCUT2D eigenvalue weighted by molar-refractivity contribution is 5.24. The minimum absolute atomic E-state index is 0.0686. The predicted molar refractivity (Wildman–Crippen MR) is 59.6 cm³/mol. The van der Waals surface area contributed by atoms with Gasteiger partial charge >= 0.3 is 0 Å². The maximum absolute atomic E-state index is 12.4. The molecule has 0 amide bonds. The first-order valence-corrected chi connectivity index (χ1v) is 5.24. The van der Waals surface area contributed by atoms with Gasteiger partial charge in [-0.2, -0.15) is 0 Å². The number of nitrogens with one attached hydrogen (secondary N) is 1. The first-order chi connectivity index (χ1) is 7.63. The van der Waals surface area contributed by atoms with Crippen molar-refractivity contribution in [1.82, 2.24) is 5.32 Å². The molecule has 1 atom stereocenters. The van der Waals surface area contributed by atoms with Crippen molar-refractivity contribution in [2.24, 2.45) is 0 Å². The molecule has 0 fully saturated rings. The van der Waals surface area contributed by atoms with Crippen LogP contribution in [-0.4, -0.2) is 19.8 Å². The maximum atomic E-state index is 12.4. The summed E-state index contributed by atoms with van der Waals surface area (Å²) in [5.74, 6) is 0. The Balaban J connectivity index is 2.45. The minimum Gasteiger partial charge on any atom is -0.380 e. The van der Waals surface area contributed by atoms with Crippen LogP contribution in [0.4, 0.5) is 8.78 Å². The standard InChI is InChI=1S/C12H17F2NO/c1-9(16-2)7-15-8-10-4-3-5-11(6-10)12(13)14/h3-6,9,12,15H,7-8H2,1-2H3. The van der Waals surface area contributed by atoms with Crippen molar-refractivity contribution in [3.05, 3.63) is 35.4 Å². The van der Waals surface area contributed by atoms with Crippen molar-refractivity contribution >= 4 is 0 Å². The Bertz CT molecular complexity index is 318. The molecule has 1 unspecified atom stereocenters. The van der Waals surface area contributed by atoms with Crippen LogP contribution in [0.25, 0.3) is 0 Å². The van der Waals surface area contributed by atoms with E-state index in [4.69, 9.17) is 4.74 Å². The molecule has 0 saturated heterocycles. The maximum Gasteiger partial charge on any atom is 0.263 e. The lowest BCUT2D eigenvalue weighted by atomic mass is 10.1. The van der Waals surface area contributed by atoms with Gasteiger partial charge in [0.25, 0.3) is 6.43 Å². The summed E-state index contributed by atoms with van der Waals surface area (Å²) in [6.07, 6.45) is -2.28. The molecule has 90 valence electrons. The summed E-state index contributed by atoms with van der Waals surface area (Å²) in [6.45, 7) is 3.23. The summed E-state index contributed by atoms with van der Waals surface area (Å²) >= 11 is 0. The van der Waals surface area contributed by atoms with Gasteiger partial charge in [0.15, 0.2) is 0 Å². The first-order valence-electron chi connectivity index (χ1n) is 5.24. The molecule has 0 aliphatic rings. The molecule has 0 aliphatic heterocycles. The summed E-state index contributed by atoms with van der Waals surface area (Å²) in [6, 6.07) is 6.44. The molecule has 1 aromatic rings. The highest BCUT2D eigenvalue weighted by atomic mass is 19.3. The molecule has 0 aromatic heterocycles. The lowest BCUT2D eigenvalue weighted by molar-refractivity contribution is 0.117. The van der Waals surface area contributed by atoms with Gasteiger partial charge in [-0.25, -0.2) is 8.78 Å². The quantitative estimate of drug-likeness (QED) is 0.809. The van der Waals surface area contributed by atoms with Crippen LogP contribution in [0, 0.1) is 0 Å². The van der Waals surface area contributed by atoms with Gasteiger partial charge in [-0.3, -0.25) is 0 Å². The molecule has 1 aromatic carbocycles. The van der Waals surface area contributed by atoms with Crippen LogP contribution in [0.1, 0.15) is 24.5 Å². The van der Waals surface area contributed by atoms with Gasteiger partial charge in [-0.1, -0.05) is 18.2 Å². The van der Waals surface area contributed by atoms with E-state index >= 15 is 0 Å². The molecular weight excluding hydrogens is 212 g/mol. The second kappa shape index (κ2) is 6.55. The van der Waals surface area contributed by atoms with Crippen LogP contribution in [0.3, 0.4) is 0 Å². The van der Waals surface area contributed by atoms with Gasteiger partial charge in [0, 0.05) is 25.8 Å². The third-order valence-corrected chi connectivity index (χ3v) is 2.37. The van der Waals surface area contributed by atoms with Crippen molar-refractivity contribution < 1.29 is 13.5 Å². The lowest BCUT2D eigenvalue weighted by Gasteiger charge is -2.11. The number of methoxy groups -OCH3 is 1. The number of halogens is 2. The van der Waals surface area contributed by atoms with Gasteiger partial charge in [-0.15, -0.1) is 0 Å². The number of rotatable bonds is 6. The van der Waals surface area contributed by atoms with E-state index in [0.29, 0.717) is 13.1 Å². The average Bonchev–Trinajstić information content (AvgIpc) is 2.29. The summed E-state index contributed by atoms with van der Waals surface area (Å²) in [4.78, 5) is 0. The second-order valence-corrected chi connectivity index (χ2v) is 3.72. The number of hydrogen-bond acceptors (Lipinski definition) is 2. The number of hydrogen-bond donors (Lipinski definition) is 1. The van der Waals surface area contributed by atoms with Crippen molar-refractivity contribution in [1.29, 1.82) is 0 Å². The third kappa shape index (κ3) is 4.24. The lowest BCUT2D eigenvalue weighted by Crippen LogP contribution is -2.25. The zero-order valence-electron chi connectivity index (χ0n) is 9.54. The zero-order valence-corrected chi connectivity index (χ0v) is 9.54. The molecule has 0 spiro atoms. The first kappa shape index (κ1) is 13.1. The topological polar surface area (TPSA) is 21.3 Å². The number of benzene rings is 1. The SMILES string of the molecule is COC(C)CNCc1cccc(C(F)F)c1. The van der Waals surface area contributed by atoms with E-state index in [2.05, 4.69) is 5.32 Å². The third-order valence-electron chi connectivity index (χ3n) is 2.37. The molecular formula is C12H17F2NO. The molecule has 4 heteroatoms. The Kier molecular flexibility index (Phi) is 5.35. The molecule has 1 rings (SSSR count). The van der Waals surface area contributed by atoms with Crippen LogP contribution in [0.5, 0.6) is 0 Å². The fourth-order valence-corrected chi connectivity index (χ4v) is 1.34. The zero-order chi connectivity index (χ0) is 12.0. The normalized spacial score (nSPS) is 13.1. The number of ether oxygens (including phenoxy) is 1. The van der Waals surface area contributed by atoms with E-state index in [9.17, 15) is 8.78 Å². The van der Waals surface area contributed by atoms with Crippen molar-refractivity contribution in [2.45, 2.75) is 26.0 Å². The number of alkyl halides is 2. The average molecular weight is 229 g/mol. The van der Waals surface area contributed by atoms with E-state index in [1.807, 2.05) is 13.0 Å². The van der Waals surface area contributed by atoms with E-state index in [1.165, 1.54) is 12.1 Å². The summed E-state index contributed by atoms with van der Waals surface area (Å²) in [5.41, 5.74) is 0.931. The molecule has 0 saturated carbocycles. The fourth-order valence-electron chi connectivity index (χ4n) is 1.34. The van der Waals surface area contributed by atoms with E-state index in [1.54, 1.807) is 13.2 Å². The van der Waals surface area contributed by atoms with Gasteiger partial charge < -0.3 is 10.1 Å². The van der Waals surface area contributed by atoms with E-state index in [-0.39, 0.29) is 11.7 Å². The van der Waals surface area contributed by atoms with E-state index in [0.717, 1.165) is 5.56 Å². The highest BCUT2D eigenvalue weighted by Crippen LogP contribution is 2.19. The summed E-state index contributed by atoms with van der Waals surface area (Å²) in [7, 11) is 1.64. The Morgan fingerprint density at radius 1 is 1.38 bits per heavy atom. The van der Waals surface area contributed by atoms with Crippen LogP contribution in [0.15, 0.2) is 24.3 Å². The van der Waals surface area contributed by atoms with Crippen LogP contribution in [0.2, 0.25) is 0 Å². The van der Waals surface area contributed by atoms with Gasteiger partial charge in [0.1, 0.15) is 0 Å². The molecule has 0 radical (unpaired) electrons. The van der Waals surface area contributed by atoms with Crippen molar-refractivity contribution in [3.8, 4) is 0 Å². The van der Waals surface area contributed by atoms with Gasteiger partial charge in [0.05, 0.1) is 6.10 Å². The largest absolute Gasteiger partial charge is 0.380 e. The second-order valence-electron chi connectivity index (χ2n) is 3.72. The molecule has 0 heterocycles. The Morgan fingerprint density at radius 3 is 2.75 bits per heavy atom. The molecule has 16 heavy (non-hydrogen) atoms. The Labute approximate surface area is 94.6 Å². The van der Waals surface area contributed by atoms with Crippen LogP contribution < -0.4 is 5.32 Å². The van der Waals surface area contributed by atoms with E-state index < -0.39 is 6.43 Å². The van der Waals surface area contributed by atoms with Crippen LogP contribution in [-0.2, 0) is 11.3 Å². The monoisotopic (exact) mass is 229 g/mol. The predicted octanol–water partition coefficient (Wildman–Crippen LogP) is 2.75. The Morgan fingerprint density at radius 2 is 2.12 bits per heavy atom.